The maximum absolute atomic E-state index is 10.6. The lowest BCUT2D eigenvalue weighted by Crippen LogP contribution is -2.23. The average Bonchev–Trinajstić information content (AvgIpc) is 2.19. The van der Waals surface area contributed by atoms with Crippen LogP contribution in [0, 0.1) is 12.3 Å². The summed E-state index contributed by atoms with van der Waals surface area (Å²) in [4.78, 5) is 14.7. The number of pyridine rings is 1. The van der Waals surface area contributed by atoms with E-state index in [1.807, 2.05) is 24.1 Å². The second kappa shape index (κ2) is 4.94. The first kappa shape index (κ1) is 9.27. The Morgan fingerprint density at radius 1 is 1.62 bits per heavy atom. The number of carbonyl (C=O) groups is 1. The van der Waals surface area contributed by atoms with Gasteiger partial charge in [-0.3, -0.25) is 9.78 Å². The van der Waals surface area contributed by atoms with Crippen LogP contribution in [-0.4, -0.2) is 17.4 Å². The topological polar surface area (TPSA) is 42.0 Å². The molecule has 0 aliphatic carbocycles. The molecule has 0 aliphatic heterocycles. The zero-order valence-electron chi connectivity index (χ0n) is 7.16. The monoisotopic (exact) mass is 174 g/mol. The number of hydrogen-bond donors (Lipinski definition) is 1. The van der Waals surface area contributed by atoms with E-state index in [1.54, 1.807) is 6.20 Å². The Morgan fingerprint density at radius 2 is 2.46 bits per heavy atom. The van der Waals surface area contributed by atoms with Crippen molar-refractivity contribution in [3.8, 4) is 12.3 Å². The first-order valence-electron chi connectivity index (χ1n) is 3.97. The Balaban J connectivity index is 2.29. The highest BCUT2D eigenvalue weighted by atomic mass is 16.1. The van der Waals surface area contributed by atoms with Crippen molar-refractivity contribution in [3.05, 3.63) is 30.1 Å². The SMILES string of the molecule is C#CC(=O)NCCc1ccccn1. The Labute approximate surface area is 77.2 Å². The smallest absolute Gasteiger partial charge is 0.295 e. The molecule has 1 amide bonds. The molecule has 0 aromatic carbocycles. The van der Waals surface area contributed by atoms with Gasteiger partial charge in [-0.15, -0.1) is 6.42 Å². The van der Waals surface area contributed by atoms with Crippen molar-refractivity contribution in [3.63, 3.8) is 0 Å². The number of rotatable bonds is 3. The third-order valence-electron chi connectivity index (χ3n) is 1.52. The van der Waals surface area contributed by atoms with E-state index in [2.05, 4.69) is 10.3 Å². The number of nitrogens with one attached hydrogen (secondary N) is 1. The molecule has 3 nitrogen and oxygen atoms in total. The van der Waals surface area contributed by atoms with E-state index < -0.39 is 0 Å². The van der Waals surface area contributed by atoms with Crippen molar-refractivity contribution in [2.24, 2.45) is 0 Å². The Kier molecular flexibility index (Phi) is 3.52. The highest BCUT2D eigenvalue weighted by Gasteiger charge is 1.95. The zero-order valence-corrected chi connectivity index (χ0v) is 7.16. The maximum Gasteiger partial charge on any atom is 0.295 e. The summed E-state index contributed by atoms with van der Waals surface area (Å²) < 4.78 is 0. The van der Waals surface area contributed by atoms with Crippen LogP contribution in [0.1, 0.15) is 5.69 Å². The molecule has 66 valence electrons. The van der Waals surface area contributed by atoms with Gasteiger partial charge in [0.2, 0.25) is 0 Å². The van der Waals surface area contributed by atoms with Gasteiger partial charge < -0.3 is 5.32 Å². The van der Waals surface area contributed by atoms with Crippen LogP contribution in [0.25, 0.3) is 0 Å². The highest BCUT2D eigenvalue weighted by Crippen LogP contribution is 1.92. The molecule has 0 aliphatic rings. The van der Waals surface area contributed by atoms with E-state index in [1.165, 1.54) is 0 Å². The molecule has 0 unspecified atom stereocenters. The summed E-state index contributed by atoms with van der Waals surface area (Å²) in [7, 11) is 0. The second-order valence-corrected chi connectivity index (χ2v) is 2.47. The number of nitrogens with zero attached hydrogens (tertiary/aromatic N) is 1. The van der Waals surface area contributed by atoms with E-state index in [4.69, 9.17) is 6.42 Å². The molecule has 0 bridgehead atoms. The van der Waals surface area contributed by atoms with Gasteiger partial charge in [0.05, 0.1) is 0 Å². The number of carbonyl (C=O) groups excluding carboxylic acids is 1. The largest absolute Gasteiger partial charge is 0.345 e. The van der Waals surface area contributed by atoms with Crippen LogP contribution in [0.15, 0.2) is 24.4 Å². The third kappa shape index (κ3) is 3.39. The fraction of sp³-hybridized carbons (Fsp3) is 0.200. The summed E-state index contributed by atoms with van der Waals surface area (Å²) >= 11 is 0. The predicted molar refractivity (Wildman–Crippen MR) is 49.8 cm³/mol. The van der Waals surface area contributed by atoms with Gasteiger partial charge in [-0.1, -0.05) is 6.07 Å². The van der Waals surface area contributed by atoms with Gasteiger partial charge in [0.1, 0.15) is 0 Å². The maximum atomic E-state index is 10.6. The van der Waals surface area contributed by atoms with E-state index in [-0.39, 0.29) is 5.91 Å². The first-order chi connectivity index (χ1) is 6.33. The summed E-state index contributed by atoms with van der Waals surface area (Å²) in [5.74, 6) is 1.60. The Morgan fingerprint density at radius 3 is 3.08 bits per heavy atom. The molecule has 3 heteroatoms. The van der Waals surface area contributed by atoms with Crippen LogP contribution in [0.4, 0.5) is 0 Å². The van der Waals surface area contributed by atoms with Crippen LogP contribution in [0.2, 0.25) is 0 Å². The summed E-state index contributed by atoms with van der Waals surface area (Å²) in [6, 6.07) is 5.66. The lowest BCUT2D eigenvalue weighted by Gasteiger charge is -1.99. The standard InChI is InChI=1S/C10H10N2O/c1-2-10(13)12-8-6-9-5-3-4-7-11-9/h1,3-5,7H,6,8H2,(H,12,13). The van der Waals surface area contributed by atoms with Crippen molar-refractivity contribution in [1.29, 1.82) is 0 Å². The summed E-state index contributed by atoms with van der Waals surface area (Å²) in [5, 5.41) is 2.57. The Hall–Kier alpha value is -1.82. The van der Waals surface area contributed by atoms with Crippen molar-refractivity contribution in [2.45, 2.75) is 6.42 Å². The van der Waals surface area contributed by atoms with Crippen LogP contribution in [0.5, 0.6) is 0 Å². The molecule has 1 heterocycles. The zero-order chi connectivity index (χ0) is 9.52. The van der Waals surface area contributed by atoms with Crippen LogP contribution >= 0.6 is 0 Å². The minimum Gasteiger partial charge on any atom is -0.345 e. The van der Waals surface area contributed by atoms with Gasteiger partial charge in [-0.05, 0) is 18.1 Å². The summed E-state index contributed by atoms with van der Waals surface area (Å²) in [5.41, 5.74) is 0.944. The minimum atomic E-state index is -0.379. The quantitative estimate of drug-likeness (QED) is 0.673. The van der Waals surface area contributed by atoms with Crippen LogP contribution in [0.3, 0.4) is 0 Å². The van der Waals surface area contributed by atoms with Crippen LogP contribution in [-0.2, 0) is 11.2 Å². The van der Waals surface area contributed by atoms with Crippen molar-refractivity contribution < 1.29 is 4.79 Å². The molecule has 13 heavy (non-hydrogen) atoms. The third-order valence-corrected chi connectivity index (χ3v) is 1.52. The fourth-order valence-electron chi connectivity index (χ4n) is 0.901. The number of aromatic nitrogens is 1. The second-order valence-electron chi connectivity index (χ2n) is 2.47. The molecule has 0 radical (unpaired) electrons. The number of amides is 1. The number of terminal acetylenes is 1. The first-order valence-corrected chi connectivity index (χ1v) is 3.97. The molecule has 0 saturated heterocycles. The van der Waals surface area contributed by atoms with Gasteiger partial charge in [0.25, 0.3) is 5.91 Å². The van der Waals surface area contributed by atoms with Crippen molar-refractivity contribution in [2.75, 3.05) is 6.54 Å². The predicted octanol–water partition coefficient (Wildman–Crippen LogP) is 0.373. The lowest BCUT2D eigenvalue weighted by molar-refractivity contribution is -0.115. The van der Waals surface area contributed by atoms with Crippen molar-refractivity contribution >= 4 is 5.91 Å². The average molecular weight is 174 g/mol. The molecule has 0 spiro atoms. The number of hydrogen-bond acceptors (Lipinski definition) is 2. The lowest BCUT2D eigenvalue weighted by atomic mass is 10.3. The van der Waals surface area contributed by atoms with Gasteiger partial charge in [-0.2, -0.15) is 0 Å². The molecule has 1 aromatic heterocycles. The highest BCUT2D eigenvalue weighted by molar-refractivity contribution is 5.92. The summed E-state index contributed by atoms with van der Waals surface area (Å²) in [6.07, 6.45) is 7.30. The molecule has 1 rings (SSSR count). The van der Waals surface area contributed by atoms with E-state index in [9.17, 15) is 4.79 Å². The van der Waals surface area contributed by atoms with Crippen LogP contribution < -0.4 is 5.32 Å². The van der Waals surface area contributed by atoms with Gasteiger partial charge in [0.15, 0.2) is 0 Å². The molecule has 0 fully saturated rings. The molecule has 0 saturated carbocycles. The normalized spacial score (nSPS) is 8.85. The minimum absolute atomic E-state index is 0.379. The van der Waals surface area contributed by atoms with Gasteiger partial charge >= 0.3 is 0 Å². The molecule has 1 aromatic rings. The van der Waals surface area contributed by atoms with Gasteiger partial charge in [0, 0.05) is 24.9 Å². The fourth-order valence-corrected chi connectivity index (χ4v) is 0.901. The molecule has 0 atom stereocenters. The van der Waals surface area contributed by atoms with Gasteiger partial charge in [-0.25, -0.2) is 0 Å². The summed E-state index contributed by atoms with van der Waals surface area (Å²) in [6.45, 7) is 0.528. The molecule has 1 N–H and O–H groups in total. The van der Waals surface area contributed by atoms with E-state index in [0.717, 1.165) is 5.69 Å². The molecular formula is C10H10N2O. The van der Waals surface area contributed by atoms with E-state index >= 15 is 0 Å². The van der Waals surface area contributed by atoms with Crippen molar-refractivity contribution in [1.82, 2.24) is 10.3 Å². The Bertz CT molecular complexity index is 313. The van der Waals surface area contributed by atoms with E-state index in [0.29, 0.717) is 13.0 Å². The molecular weight excluding hydrogens is 164 g/mol.